The van der Waals surface area contributed by atoms with Gasteiger partial charge in [-0.2, -0.15) is 0 Å². The highest BCUT2D eigenvalue weighted by atomic mass is 16.2. The Labute approximate surface area is 147 Å². The Morgan fingerprint density at radius 2 is 1.68 bits per heavy atom. The number of rotatable bonds is 2. The molecule has 2 aliphatic rings. The van der Waals surface area contributed by atoms with Gasteiger partial charge in [0.2, 0.25) is 5.91 Å². The molecule has 0 aromatic heterocycles. The van der Waals surface area contributed by atoms with Crippen LogP contribution in [0.15, 0.2) is 48.5 Å². The molecule has 0 unspecified atom stereocenters. The Bertz CT molecular complexity index is 796. The van der Waals surface area contributed by atoms with Crippen molar-refractivity contribution in [1.29, 1.82) is 0 Å². The van der Waals surface area contributed by atoms with E-state index in [-0.39, 0.29) is 11.8 Å². The van der Waals surface area contributed by atoms with Gasteiger partial charge in [-0.3, -0.25) is 9.59 Å². The number of piperazine rings is 1. The largest absolute Gasteiger partial charge is 0.368 e. The van der Waals surface area contributed by atoms with Crippen LogP contribution in [0.2, 0.25) is 0 Å². The normalized spacial score (nSPS) is 17.0. The predicted octanol–water partition coefficient (Wildman–Crippen LogP) is 2.53. The number of anilines is 2. The first-order valence-electron chi connectivity index (χ1n) is 8.73. The molecule has 2 aromatic carbocycles. The molecular weight excluding hydrogens is 314 g/mol. The number of amides is 2. The molecule has 2 aliphatic heterocycles. The summed E-state index contributed by atoms with van der Waals surface area (Å²) in [5, 5.41) is 2.96. The van der Waals surface area contributed by atoms with Gasteiger partial charge in [-0.15, -0.1) is 0 Å². The van der Waals surface area contributed by atoms with Crippen LogP contribution in [0.25, 0.3) is 0 Å². The summed E-state index contributed by atoms with van der Waals surface area (Å²) in [4.78, 5) is 28.3. The second-order valence-corrected chi connectivity index (χ2v) is 6.53. The first kappa shape index (κ1) is 15.7. The Morgan fingerprint density at radius 3 is 2.44 bits per heavy atom. The maximum absolute atomic E-state index is 12.5. The molecule has 5 heteroatoms. The zero-order valence-corrected chi connectivity index (χ0v) is 14.1. The lowest BCUT2D eigenvalue weighted by atomic mass is 10.0. The number of nitrogens with one attached hydrogen (secondary N) is 1. The van der Waals surface area contributed by atoms with E-state index in [1.165, 1.54) is 5.56 Å². The number of hydrogen-bond donors (Lipinski definition) is 1. The van der Waals surface area contributed by atoms with Gasteiger partial charge < -0.3 is 15.1 Å². The van der Waals surface area contributed by atoms with Gasteiger partial charge in [0, 0.05) is 49.5 Å². The molecule has 1 saturated heterocycles. The lowest BCUT2D eigenvalue weighted by molar-refractivity contribution is -0.116. The molecule has 1 fully saturated rings. The standard InChI is InChI=1S/C20H21N3O2/c24-19-9-7-15-6-8-17(14-18(15)21-19)22-10-12-23(13-11-22)20(25)16-4-2-1-3-5-16/h1-6,8,14H,7,9-13H2,(H,21,24). The van der Waals surface area contributed by atoms with Gasteiger partial charge in [-0.05, 0) is 36.2 Å². The van der Waals surface area contributed by atoms with Gasteiger partial charge in [-0.25, -0.2) is 0 Å². The summed E-state index contributed by atoms with van der Waals surface area (Å²) in [5.41, 5.74) is 3.97. The van der Waals surface area contributed by atoms with E-state index < -0.39 is 0 Å². The van der Waals surface area contributed by atoms with E-state index in [4.69, 9.17) is 0 Å². The highest BCUT2D eigenvalue weighted by molar-refractivity contribution is 5.95. The van der Waals surface area contributed by atoms with Crippen molar-refractivity contribution in [3.8, 4) is 0 Å². The van der Waals surface area contributed by atoms with Crippen LogP contribution in [0.4, 0.5) is 11.4 Å². The maximum Gasteiger partial charge on any atom is 0.253 e. The molecular formula is C20H21N3O2. The summed E-state index contributed by atoms with van der Waals surface area (Å²) in [7, 11) is 0. The van der Waals surface area contributed by atoms with Gasteiger partial charge in [0.1, 0.15) is 0 Å². The minimum atomic E-state index is 0.0860. The van der Waals surface area contributed by atoms with Crippen molar-refractivity contribution in [2.75, 3.05) is 36.4 Å². The van der Waals surface area contributed by atoms with E-state index >= 15 is 0 Å². The van der Waals surface area contributed by atoms with Gasteiger partial charge in [0.05, 0.1) is 0 Å². The Morgan fingerprint density at radius 1 is 0.920 bits per heavy atom. The van der Waals surface area contributed by atoms with Crippen LogP contribution in [0.3, 0.4) is 0 Å². The molecule has 1 N–H and O–H groups in total. The van der Waals surface area contributed by atoms with E-state index in [9.17, 15) is 9.59 Å². The molecule has 4 rings (SSSR count). The predicted molar refractivity (Wildman–Crippen MR) is 98.0 cm³/mol. The van der Waals surface area contributed by atoms with Crippen molar-refractivity contribution in [2.24, 2.45) is 0 Å². The lowest BCUT2D eigenvalue weighted by Gasteiger charge is -2.36. The molecule has 2 amide bonds. The highest BCUT2D eigenvalue weighted by Crippen LogP contribution is 2.28. The molecule has 0 bridgehead atoms. The zero-order valence-electron chi connectivity index (χ0n) is 14.1. The van der Waals surface area contributed by atoms with Crippen LogP contribution in [-0.2, 0) is 11.2 Å². The van der Waals surface area contributed by atoms with Crippen LogP contribution < -0.4 is 10.2 Å². The number of benzene rings is 2. The molecule has 5 nitrogen and oxygen atoms in total. The first-order valence-corrected chi connectivity index (χ1v) is 8.73. The van der Waals surface area contributed by atoms with Gasteiger partial charge >= 0.3 is 0 Å². The number of hydrogen-bond acceptors (Lipinski definition) is 3. The lowest BCUT2D eigenvalue weighted by Crippen LogP contribution is -2.48. The van der Waals surface area contributed by atoms with Gasteiger partial charge in [0.15, 0.2) is 0 Å². The van der Waals surface area contributed by atoms with Crippen LogP contribution in [0, 0.1) is 0 Å². The second kappa shape index (κ2) is 6.59. The molecule has 0 radical (unpaired) electrons. The molecule has 2 heterocycles. The summed E-state index contributed by atoms with van der Waals surface area (Å²) in [6, 6.07) is 15.7. The van der Waals surface area contributed by atoms with Crippen molar-refractivity contribution in [2.45, 2.75) is 12.8 Å². The van der Waals surface area contributed by atoms with Gasteiger partial charge in [0.25, 0.3) is 5.91 Å². The Balaban J connectivity index is 1.43. The average molecular weight is 335 g/mol. The van der Waals surface area contributed by atoms with Crippen molar-refractivity contribution >= 4 is 23.2 Å². The molecule has 128 valence electrons. The minimum Gasteiger partial charge on any atom is -0.368 e. The average Bonchev–Trinajstić information content (AvgIpc) is 2.67. The zero-order chi connectivity index (χ0) is 17.2. The molecule has 0 atom stereocenters. The number of nitrogens with zero attached hydrogens (tertiary/aromatic N) is 2. The van der Waals surface area contributed by atoms with Crippen LogP contribution >= 0.6 is 0 Å². The molecule has 25 heavy (non-hydrogen) atoms. The Kier molecular flexibility index (Phi) is 4.14. The Hall–Kier alpha value is -2.82. The minimum absolute atomic E-state index is 0.0860. The maximum atomic E-state index is 12.5. The number of fused-ring (bicyclic) bond motifs is 1. The van der Waals surface area contributed by atoms with Crippen LogP contribution in [0.5, 0.6) is 0 Å². The third-order valence-corrected chi connectivity index (χ3v) is 4.94. The molecule has 0 saturated carbocycles. The van der Waals surface area contributed by atoms with Gasteiger partial charge in [-0.1, -0.05) is 24.3 Å². The summed E-state index contributed by atoms with van der Waals surface area (Å²) in [6.07, 6.45) is 1.37. The fourth-order valence-electron chi connectivity index (χ4n) is 3.49. The van der Waals surface area contributed by atoms with Crippen molar-refractivity contribution < 1.29 is 9.59 Å². The van der Waals surface area contributed by atoms with Crippen LogP contribution in [-0.4, -0.2) is 42.9 Å². The molecule has 0 aliphatic carbocycles. The van der Waals surface area contributed by atoms with Crippen molar-refractivity contribution in [3.63, 3.8) is 0 Å². The molecule has 2 aromatic rings. The quantitative estimate of drug-likeness (QED) is 0.918. The SMILES string of the molecule is O=C1CCc2ccc(N3CCN(C(=O)c4ccccc4)CC3)cc2N1. The number of carbonyl (C=O) groups excluding carboxylic acids is 2. The third kappa shape index (κ3) is 3.22. The van der Waals surface area contributed by atoms with Crippen molar-refractivity contribution in [1.82, 2.24) is 4.90 Å². The second-order valence-electron chi connectivity index (χ2n) is 6.53. The fraction of sp³-hybridized carbons (Fsp3) is 0.300. The van der Waals surface area contributed by atoms with Crippen LogP contribution in [0.1, 0.15) is 22.3 Å². The van der Waals surface area contributed by atoms with E-state index in [1.807, 2.05) is 35.2 Å². The first-order chi connectivity index (χ1) is 12.2. The summed E-state index contributed by atoms with van der Waals surface area (Å²) in [5.74, 6) is 0.181. The van der Waals surface area contributed by atoms with E-state index in [1.54, 1.807) is 0 Å². The molecule has 0 spiro atoms. The van der Waals surface area contributed by atoms with E-state index in [0.717, 1.165) is 36.4 Å². The topological polar surface area (TPSA) is 52.7 Å². The summed E-state index contributed by atoms with van der Waals surface area (Å²) < 4.78 is 0. The van der Waals surface area contributed by atoms with E-state index in [2.05, 4.69) is 28.4 Å². The summed E-state index contributed by atoms with van der Waals surface area (Å²) >= 11 is 0. The fourth-order valence-corrected chi connectivity index (χ4v) is 3.49. The smallest absolute Gasteiger partial charge is 0.253 e. The van der Waals surface area contributed by atoms with Crippen molar-refractivity contribution in [3.05, 3.63) is 59.7 Å². The highest BCUT2D eigenvalue weighted by Gasteiger charge is 2.23. The monoisotopic (exact) mass is 335 g/mol. The summed E-state index contributed by atoms with van der Waals surface area (Å²) in [6.45, 7) is 3.00. The van der Waals surface area contributed by atoms with E-state index in [0.29, 0.717) is 19.5 Å². The number of carbonyl (C=O) groups is 2. The number of aryl methyl sites for hydroxylation is 1. The third-order valence-electron chi connectivity index (χ3n) is 4.94.